The van der Waals surface area contributed by atoms with E-state index in [4.69, 9.17) is 9.52 Å². The SMILES string of the molecule is Cc1nccc(NCc2ccc(C(=O)O)o2)n1. The third-order valence-electron chi connectivity index (χ3n) is 2.09. The topological polar surface area (TPSA) is 88.2 Å². The molecule has 0 saturated carbocycles. The van der Waals surface area contributed by atoms with E-state index in [2.05, 4.69) is 15.3 Å². The summed E-state index contributed by atoms with van der Waals surface area (Å²) >= 11 is 0. The average molecular weight is 233 g/mol. The fourth-order valence-corrected chi connectivity index (χ4v) is 1.32. The van der Waals surface area contributed by atoms with Crippen molar-refractivity contribution in [2.75, 3.05) is 5.32 Å². The summed E-state index contributed by atoms with van der Waals surface area (Å²) < 4.78 is 5.09. The molecule has 0 spiro atoms. The maximum absolute atomic E-state index is 10.6. The third-order valence-corrected chi connectivity index (χ3v) is 2.09. The second kappa shape index (κ2) is 4.65. The predicted octanol–water partition coefficient (Wildman–Crippen LogP) is 1.69. The summed E-state index contributed by atoms with van der Waals surface area (Å²) in [6.07, 6.45) is 1.65. The van der Waals surface area contributed by atoms with Crippen LogP contribution in [0.5, 0.6) is 0 Å². The normalized spacial score (nSPS) is 10.2. The molecule has 6 nitrogen and oxygen atoms in total. The van der Waals surface area contributed by atoms with E-state index in [9.17, 15) is 4.79 Å². The van der Waals surface area contributed by atoms with Gasteiger partial charge in [-0.05, 0) is 25.1 Å². The van der Waals surface area contributed by atoms with Crippen LogP contribution in [0.1, 0.15) is 22.1 Å². The molecule has 0 atom stereocenters. The molecule has 2 N–H and O–H groups in total. The zero-order valence-electron chi connectivity index (χ0n) is 9.17. The number of anilines is 1. The first kappa shape index (κ1) is 11.1. The number of rotatable bonds is 4. The number of nitrogens with one attached hydrogen (secondary N) is 1. The molecular weight excluding hydrogens is 222 g/mol. The molecule has 17 heavy (non-hydrogen) atoms. The van der Waals surface area contributed by atoms with Gasteiger partial charge in [0.1, 0.15) is 17.4 Å². The Bertz CT molecular complexity index is 536. The van der Waals surface area contributed by atoms with Crippen molar-refractivity contribution < 1.29 is 14.3 Å². The van der Waals surface area contributed by atoms with Crippen LogP contribution in [0, 0.1) is 6.92 Å². The quantitative estimate of drug-likeness (QED) is 0.835. The number of aromatic carboxylic acids is 1. The Labute approximate surface area is 97.3 Å². The van der Waals surface area contributed by atoms with Crippen LogP contribution in [0.4, 0.5) is 5.82 Å². The van der Waals surface area contributed by atoms with Gasteiger partial charge in [0.05, 0.1) is 6.54 Å². The Morgan fingerprint density at radius 2 is 2.29 bits per heavy atom. The number of hydrogen-bond donors (Lipinski definition) is 2. The van der Waals surface area contributed by atoms with Crippen molar-refractivity contribution in [1.29, 1.82) is 0 Å². The maximum atomic E-state index is 10.6. The van der Waals surface area contributed by atoms with Crippen molar-refractivity contribution in [2.24, 2.45) is 0 Å². The lowest BCUT2D eigenvalue weighted by Crippen LogP contribution is -2.01. The summed E-state index contributed by atoms with van der Waals surface area (Å²) in [4.78, 5) is 18.7. The minimum absolute atomic E-state index is 0.0688. The molecule has 0 aliphatic rings. The van der Waals surface area contributed by atoms with Crippen molar-refractivity contribution in [3.63, 3.8) is 0 Å². The summed E-state index contributed by atoms with van der Waals surface area (Å²) in [5.74, 6) is 0.736. The number of carbonyl (C=O) groups is 1. The Morgan fingerprint density at radius 1 is 1.47 bits per heavy atom. The fourth-order valence-electron chi connectivity index (χ4n) is 1.32. The van der Waals surface area contributed by atoms with Crippen LogP contribution >= 0.6 is 0 Å². The molecule has 0 fully saturated rings. The number of aryl methyl sites for hydroxylation is 1. The lowest BCUT2D eigenvalue weighted by molar-refractivity contribution is 0.0660. The molecule has 0 aliphatic carbocycles. The van der Waals surface area contributed by atoms with Gasteiger partial charge in [-0.15, -0.1) is 0 Å². The highest BCUT2D eigenvalue weighted by Crippen LogP contribution is 2.10. The highest BCUT2D eigenvalue weighted by molar-refractivity contribution is 5.84. The predicted molar refractivity (Wildman–Crippen MR) is 59.8 cm³/mol. The number of aromatic nitrogens is 2. The van der Waals surface area contributed by atoms with Crippen molar-refractivity contribution in [2.45, 2.75) is 13.5 Å². The van der Waals surface area contributed by atoms with Crippen LogP contribution in [-0.2, 0) is 6.54 Å². The molecule has 0 unspecified atom stereocenters. The second-order valence-corrected chi connectivity index (χ2v) is 3.41. The van der Waals surface area contributed by atoms with Crippen LogP contribution in [0.3, 0.4) is 0 Å². The van der Waals surface area contributed by atoms with Crippen molar-refractivity contribution >= 4 is 11.8 Å². The standard InChI is InChI=1S/C11H11N3O3/c1-7-12-5-4-10(14-7)13-6-8-2-3-9(17-8)11(15)16/h2-5H,6H2,1H3,(H,15,16)(H,12,13,14). The lowest BCUT2D eigenvalue weighted by atomic mass is 10.4. The highest BCUT2D eigenvalue weighted by atomic mass is 16.4. The molecule has 0 radical (unpaired) electrons. The van der Waals surface area contributed by atoms with Gasteiger partial charge in [0.15, 0.2) is 0 Å². The maximum Gasteiger partial charge on any atom is 0.371 e. The minimum Gasteiger partial charge on any atom is -0.475 e. The second-order valence-electron chi connectivity index (χ2n) is 3.41. The Balaban J connectivity index is 2.00. The highest BCUT2D eigenvalue weighted by Gasteiger charge is 2.08. The van der Waals surface area contributed by atoms with E-state index in [1.807, 2.05) is 0 Å². The van der Waals surface area contributed by atoms with E-state index < -0.39 is 5.97 Å². The third kappa shape index (κ3) is 2.81. The first-order valence-corrected chi connectivity index (χ1v) is 5.00. The van der Waals surface area contributed by atoms with E-state index >= 15 is 0 Å². The molecule has 2 heterocycles. The summed E-state index contributed by atoms with van der Waals surface area (Å²) in [6, 6.07) is 4.77. The first-order valence-electron chi connectivity index (χ1n) is 5.00. The van der Waals surface area contributed by atoms with Crippen LogP contribution in [0.2, 0.25) is 0 Å². The largest absolute Gasteiger partial charge is 0.475 e. The van der Waals surface area contributed by atoms with Crippen LogP contribution in [0.15, 0.2) is 28.8 Å². The lowest BCUT2D eigenvalue weighted by Gasteiger charge is -2.03. The van der Waals surface area contributed by atoms with E-state index in [0.717, 1.165) is 0 Å². The summed E-state index contributed by atoms with van der Waals surface area (Å²) in [7, 11) is 0. The summed E-state index contributed by atoms with van der Waals surface area (Å²) in [6.45, 7) is 2.17. The molecule has 88 valence electrons. The Hall–Kier alpha value is -2.37. The number of furan rings is 1. The molecule has 0 amide bonds. The van der Waals surface area contributed by atoms with Gasteiger partial charge in [-0.2, -0.15) is 0 Å². The van der Waals surface area contributed by atoms with Gasteiger partial charge >= 0.3 is 5.97 Å². The van der Waals surface area contributed by atoms with Gasteiger partial charge in [-0.25, -0.2) is 14.8 Å². The van der Waals surface area contributed by atoms with Crippen molar-refractivity contribution in [3.8, 4) is 0 Å². The van der Waals surface area contributed by atoms with E-state index in [0.29, 0.717) is 23.9 Å². The van der Waals surface area contributed by atoms with Crippen LogP contribution < -0.4 is 5.32 Å². The summed E-state index contributed by atoms with van der Waals surface area (Å²) in [5.41, 5.74) is 0. The number of carboxylic acids is 1. The van der Waals surface area contributed by atoms with Gasteiger partial charge in [0.25, 0.3) is 0 Å². The molecule has 2 aromatic rings. The zero-order chi connectivity index (χ0) is 12.3. The van der Waals surface area contributed by atoms with Gasteiger partial charge in [-0.3, -0.25) is 0 Å². The minimum atomic E-state index is -1.07. The molecule has 2 aromatic heterocycles. The molecule has 6 heteroatoms. The summed E-state index contributed by atoms with van der Waals surface area (Å²) in [5, 5.41) is 11.7. The molecule has 0 aromatic carbocycles. The number of carboxylic acid groups (broad SMARTS) is 1. The fraction of sp³-hybridized carbons (Fsp3) is 0.182. The van der Waals surface area contributed by atoms with Crippen molar-refractivity contribution in [3.05, 3.63) is 41.7 Å². The smallest absolute Gasteiger partial charge is 0.371 e. The van der Waals surface area contributed by atoms with Gasteiger partial charge < -0.3 is 14.8 Å². The molecule has 0 saturated heterocycles. The van der Waals surface area contributed by atoms with Gasteiger partial charge in [0, 0.05) is 6.20 Å². The van der Waals surface area contributed by atoms with Crippen molar-refractivity contribution in [1.82, 2.24) is 9.97 Å². The van der Waals surface area contributed by atoms with E-state index in [1.165, 1.54) is 6.07 Å². The van der Waals surface area contributed by atoms with E-state index in [1.54, 1.807) is 25.3 Å². The van der Waals surface area contributed by atoms with Crippen LogP contribution in [0.25, 0.3) is 0 Å². The molecule has 0 aliphatic heterocycles. The monoisotopic (exact) mass is 233 g/mol. The van der Waals surface area contributed by atoms with Crippen LogP contribution in [-0.4, -0.2) is 21.0 Å². The van der Waals surface area contributed by atoms with Gasteiger partial charge in [0.2, 0.25) is 5.76 Å². The number of hydrogen-bond acceptors (Lipinski definition) is 5. The molecular formula is C11H11N3O3. The number of nitrogens with zero attached hydrogens (tertiary/aromatic N) is 2. The Kier molecular flexibility index (Phi) is 3.04. The molecule has 0 bridgehead atoms. The molecule has 2 rings (SSSR count). The first-order chi connectivity index (χ1) is 8.15. The van der Waals surface area contributed by atoms with Gasteiger partial charge in [-0.1, -0.05) is 0 Å². The zero-order valence-corrected chi connectivity index (χ0v) is 9.17. The Morgan fingerprint density at radius 3 is 2.94 bits per heavy atom. The van der Waals surface area contributed by atoms with E-state index in [-0.39, 0.29) is 5.76 Å². The average Bonchev–Trinajstić information content (AvgIpc) is 2.75.